The molecule has 0 aliphatic carbocycles. The lowest BCUT2D eigenvalue weighted by Gasteiger charge is -2.26. The summed E-state index contributed by atoms with van der Waals surface area (Å²) < 4.78 is 28.4. The predicted molar refractivity (Wildman–Crippen MR) is 101 cm³/mol. The quantitative estimate of drug-likeness (QED) is 0.732. The summed E-state index contributed by atoms with van der Waals surface area (Å²) in [5.41, 5.74) is 0.764. The van der Waals surface area contributed by atoms with Gasteiger partial charge in [0.2, 0.25) is 5.91 Å². The zero-order chi connectivity index (χ0) is 19.8. The van der Waals surface area contributed by atoms with E-state index in [9.17, 15) is 22.8 Å². The first-order valence-corrected chi connectivity index (χ1v) is 11.2. The summed E-state index contributed by atoms with van der Waals surface area (Å²) in [5.74, 6) is -0.968. The lowest BCUT2D eigenvalue weighted by Crippen LogP contribution is -2.44. The Morgan fingerprint density at radius 2 is 2.11 bits per heavy atom. The molecular weight excluding hydrogens is 392 g/mol. The molecule has 0 unspecified atom stereocenters. The molecule has 0 saturated carbocycles. The molecule has 3 rings (SSSR count). The van der Waals surface area contributed by atoms with Crippen LogP contribution in [0.1, 0.15) is 23.7 Å². The van der Waals surface area contributed by atoms with Gasteiger partial charge in [0.25, 0.3) is 5.91 Å². The number of hydrogen-bond donors (Lipinski definition) is 1. The second-order valence-electron chi connectivity index (χ2n) is 6.60. The van der Waals surface area contributed by atoms with Crippen LogP contribution in [0, 0.1) is 0 Å². The van der Waals surface area contributed by atoms with E-state index in [0.717, 1.165) is 4.90 Å². The largest absolute Gasteiger partial charge is 0.449 e. The number of fused-ring (bicyclic) bond motifs is 1. The summed E-state index contributed by atoms with van der Waals surface area (Å²) in [6, 6.07) is 4.42. The average Bonchev–Trinajstić information content (AvgIpc) is 2.99. The third-order valence-corrected chi connectivity index (χ3v) is 7.41. The first-order valence-electron chi connectivity index (χ1n) is 8.41. The van der Waals surface area contributed by atoms with Crippen molar-refractivity contribution < 1.29 is 27.5 Å². The Labute approximate surface area is 161 Å². The molecule has 2 aliphatic heterocycles. The van der Waals surface area contributed by atoms with Crippen LogP contribution in [0.2, 0.25) is 0 Å². The molecule has 0 bridgehead atoms. The Bertz CT molecular complexity index is 899. The highest BCUT2D eigenvalue weighted by molar-refractivity contribution is 8.00. The number of thioether (sulfide) groups is 1. The van der Waals surface area contributed by atoms with Crippen molar-refractivity contribution in [1.29, 1.82) is 0 Å². The van der Waals surface area contributed by atoms with Gasteiger partial charge < -0.3 is 15.0 Å². The topological polar surface area (TPSA) is 110 Å². The molecule has 27 heavy (non-hydrogen) atoms. The van der Waals surface area contributed by atoms with Crippen molar-refractivity contribution in [3.05, 3.63) is 23.8 Å². The lowest BCUT2D eigenvalue weighted by molar-refractivity contribution is -0.140. The van der Waals surface area contributed by atoms with Gasteiger partial charge in [0, 0.05) is 18.0 Å². The molecule has 2 atom stereocenters. The van der Waals surface area contributed by atoms with E-state index < -0.39 is 33.9 Å². The van der Waals surface area contributed by atoms with E-state index in [1.54, 1.807) is 12.1 Å². The molecule has 1 N–H and O–H groups in total. The van der Waals surface area contributed by atoms with Crippen LogP contribution in [0.5, 0.6) is 0 Å². The summed E-state index contributed by atoms with van der Waals surface area (Å²) in [7, 11) is -1.60. The molecule has 1 aromatic carbocycles. The molecule has 1 fully saturated rings. The van der Waals surface area contributed by atoms with Gasteiger partial charge in [-0.25, -0.2) is 13.2 Å². The van der Waals surface area contributed by atoms with E-state index in [0.29, 0.717) is 17.9 Å². The second kappa shape index (κ2) is 7.51. The number of anilines is 1. The van der Waals surface area contributed by atoms with Gasteiger partial charge in [-0.15, -0.1) is 11.8 Å². The first-order chi connectivity index (χ1) is 12.7. The highest BCUT2D eigenvalue weighted by atomic mass is 32.2. The summed E-state index contributed by atoms with van der Waals surface area (Å²) >= 11 is 1.38. The van der Waals surface area contributed by atoms with E-state index in [1.807, 2.05) is 0 Å². The normalized spacial score (nSPS) is 21.7. The van der Waals surface area contributed by atoms with Gasteiger partial charge in [-0.3, -0.25) is 9.59 Å². The highest BCUT2D eigenvalue weighted by Crippen LogP contribution is 2.32. The summed E-state index contributed by atoms with van der Waals surface area (Å²) in [5, 5.41) is 2.69. The molecule has 0 aromatic heterocycles. The molecule has 10 heteroatoms. The van der Waals surface area contributed by atoms with Crippen LogP contribution >= 0.6 is 11.8 Å². The van der Waals surface area contributed by atoms with Crippen LogP contribution in [0.25, 0.3) is 0 Å². The molecule has 0 spiro atoms. The Hall–Kier alpha value is -2.07. The summed E-state index contributed by atoms with van der Waals surface area (Å²) in [6.07, 6.45) is -0.668. The zero-order valence-electron chi connectivity index (χ0n) is 14.9. The molecule has 146 valence electrons. The minimum absolute atomic E-state index is 0.0579. The smallest absolute Gasteiger partial charge is 0.338 e. The standard InChI is InChI=1S/C17H20N2O6S2/c1-10(16(21)19(2)12-5-6-27(23,24)9-12)25-17(22)11-3-4-14-13(7-11)18-15(20)8-26-14/h3-4,7,10,12H,5-6,8-9H2,1-2H3,(H,18,20)/t10-,12+/m0/s1. The molecule has 8 nitrogen and oxygen atoms in total. The van der Waals surface area contributed by atoms with E-state index in [-0.39, 0.29) is 23.0 Å². The second-order valence-corrected chi connectivity index (χ2v) is 9.85. The number of ether oxygens (including phenoxy) is 1. The number of carbonyl (C=O) groups is 3. The number of hydrogen-bond acceptors (Lipinski definition) is 7. The van der Waals surface area contributed by atoms with Crippen molar-refractivity contribution in [3.63, 3.8) is 0 Å². The Kier molecular flexibility index (Phi) is 5.48. The molecular formula is C17H20N2O6S2. The fraction of sp³-hybridized carbons (Fsp3) is 0.471. The van der Waals surface area contributed by atoms with Gasteiger partial charge in [0.15, 0.2) is 15.9 Å². The van der Waals surface area contributed by atoms with E-state index >= 15 is 0 Å². The van der Waals surface area contributed by atoms with Crippen molar-refractivity contribution in [1.82, 2.24) is 4.90 Å². The predicted octanol–water partition coefficient (Wildman–Crippen LogP) is 0.922. The molecule has 1 saturated heterocycles. The fourth-order valence-corrected chi connectivity index (χ4v) is 5.60. The maximum Gasteiger partial charge on any atom is 0.338 e. The van der Waals surface area contributed by atoms with E-state index in [4.69, 9.17) is 4.74 Å². The van der Waals surface area contributed by atoms with E-state index in [1.165, 1.54) is 36.7 Å². The Morgan fingerprint density at radius 3 is 2.78 bits per heavy atom. The number of sulfone groups is 1. The zero-order valence-corrected chi connectivity index (χ0v) is 16.6. The lowest BCUT2D eigenvalue weighted by atomic mass is 10.2. The van der Waals surface area contributed by atoms with Crippen molar-refractivity contribution in [3.8, 4) is 0 Å². The number of carbonyl (C=O) groups excluding carboxylic acids is 3. The van der Waals surface area contributed by atoms with Crippen molar-refractivity contribution in [2.45, 2.75) is 30.4 Å². The van der Waals surface area contributed by atoms with Gasteiger partial charge in [-0.1, -0.05) is 0 Å². The number of nitrogens with one attached hydrogen (secondary N) is 1. The van der Waals surface area contributed by atoms with Crippen LogP contribution in [-0.4, -0.2) is 67.6 Å². The third-order valence-electron chi connectivity index (χ3n) is 4.58. The third kappa shape index (κ3) is 4.44. The van der Waals surface area contributed by atoms with Crippen LogP contribution in [0.3, 0.4) is 0 Å². The van der Waals surface area contributed by atoms with Gasteiger partial charge in [0.1, 0.15) is 0 Å². The summed E-state index contributed by atoms with van der Waals surface area (Å²) in [6.45, 7) is 1.45. The highest BCUT2D eigenvalue weighted by Gasteiger charge is 2.35. The number of nitrogens with zero attached hydrogens (tertiary/aromatic N) is 1. The van der Waals surface area contributed by atoms with Crippen molar-refractivity contribution in [2.24, 2.45) is 0 Å². The maximum absolute atomic E-state index is 12.5. The molecule has 2 heterocycles. The Balaban J connectivity index is 1.64. The van der Waals surface area contributed by atoms with Crippen molar-refractivity contribution >= 4 is 45.1 Å². The van der Waals surface area contributed by atoms with Gasteiger partial charge in [-0.2, -0.15) is 0 Å². The molecule has 2 amide bonds. The average molecular weight is 412 g/mol. The minimum atomic E-state index is -3.12. The summed E-state index contributed by atoms with van der Waals surface area (Å²) in [4.78, 5) is 38.5. The molecule has 2 aliphatic rings. The number of likely N-dealkylation sites (N-methyl/N-ethyl adjacent to an activating group) is 1. The van der Waals surface area contributed by atoms with Crippen molar-refractivity contribution in [2.75, 3.05) is 29.6 Å². The van der Waals surface area contributed by atoms with Gasteiger partial charge >= 0.3 is 5.97 Å². The van der Waals surface area contributed by atoms with Gasteiger partial charge in [-0.05, 0) is 31.5 Å². The van der Waals surface area contributed by atoms with E-state index in [2.05, 4.69) is 5.32 Å². The monoisotopic (exact) mass is 412 g/mol. The SMILES string of the molecule is C[C@H](OC(=O)c1ccc2c(c1)NC(=O)CS2)C(=O)N(C)[C@@H]1CCS(=O)(=O)C1. The van der Waals surface area contributed by atoms with Crippen LogP contribution < -0.4 is 5.32 Å². The number of benzene rings is 1. The number of esters is 1. The number of rotatable bonds is 4. The molecule has 0 radical (unpaired) electrons. The Morgan fingerprint density at radius 1 is 1.37 bits per heavy atom. The number of amides is 2. The molecule has 1 aromatic rings. The first kappa shape index (κ1) is 19.7. The fourth-order valence-electron chi connectivity index (χ4n) is 3.04. The van der Waals surface area contributed by atoms with Crippen LogP contribution in [-0.2, 0) is 24.2 Å². The van der Waals surface area contributed by atoms with Gasteiger partial charge in [0.05, 0.1) is 28.5 Å². The van der Waals surface area contributed by atoms with Crippen LogP contribution in [0.15, 0.2) is 23.1 Å². The maximum atomic E-state index is 12.5. The van der Waals surface area contributed by atoms with Crippen LogP contribution in [0.4, 0.5) is 5.69 Å². The minimum Gasteiger partial charge on any atom is -0.449 e.